The Labute approximate surface area is 234 Å². The van der Waals surface area contributed by atoms with E-state index in [0.29, 0.717) is 35.7 Å². The summed E-state index contributed by atoms with van der Waals surface area (Å²) in [5, 5.41) is 2.92. The van der Waals surface area contributed by atoms with Gasteiger partial charge < -0.3 is 24.1 Å². The summed E-state index contributed by atoms with van der Waals surface area (Å²) in [6.45, 7) is 0.811. The number of hydrogen-bond acceptors (Lipinski definition) is 5. The Morgan fingerprint density at radius 2 is 1.54 bits per heavy atom. The predicted molar refractivity (Wildman–Crippen MR) is 147 cm³/mol. The van der Waals surface area contributed by atoms with Crippen LogP contribution in [0.2, 0.25) is 0 Å². The van der Waals surface area contributed by atoms with Gasteiger partial charge in [0.15, 0.2) is 0 Å². The predicted octanol–water partition coefficient (Wildman–Crippen LogP) is 6.50. The highest BCUT2D eigenvalue weighted by atomic mass is 19.4. The number of halogens is 3. The van der Waals surface area contributed by atoms with E-state index in [1.54, 1.807) is 37.4 Å². The zero-order valence-electron chi connectivity index (χ0n) is 22.0. The van der Waals surface area contributed by atoms with Gasteiger partial charge in [-0.25, -0.2) is 4.98 Å². The van der Waals surface area contributed by atoms with Crippen LogP contribution in [0, 0.1) is 0 Å². The molecule has 210 valence electrons. The van der Waals surface area contributed by atoms with E-state index in [9.17, 15) is 18.0 Å². The minimum Gasteiger partial charge on any atom is -0.497 e. The number of alkyl halides is 3. The summed E-state index contributed by atoms with van der Waals surface area (Å²) in [6, 6.07) is 27.6. The fourth-order valence-corrected chi connectivity index (χ4v) is 4.28. The first-order valence-corrected chi connectivity index (χ1v) is 12.7. The van der Waals surface area contributed by atoms with Crippen molar-refractivity contribution in [3.05, 3.63) is 120 Å². The van der Waals surface area contributed by atoms with Crippen molar-refractivity contribution in [2.75, 3.05) is 7.11 Å². The summed E-state index contributed by atoms with van der Waals surface area (Å²) in [5.74, 6) is 1.45. The first kappa shape index (κ1) is 27.6. The number of para-hydroxylation sites is 1. The molecule has 4 aromatic carbocycles. The van der Waals surface area contributed by atoms with Gasteiger partial charge in [0.25, 0.3) is 5.91 Å². The number of aromatic nitrogens is 2. The topological polar surface area (TPSA) is 74.6 Å². The van der Waals surface area contributed by atoms with Gasteiger partial charge >= 0.3 is 6.36 Å². The molecule has 0 saturated carbocycles. The van der Waals surface area contributed by atoms with Gasteiger partial charge in [0.2, 0.25) is 0 Å². The molecule has 5 rings (SSSR count). The minimum absolute atomic E-state index is 0.146. The molecular formula is C31H26F3N3O4. The lowest BCUT2D eigenvalue weighted by atomic mass is 10.1. The lowest BCUT2D eigenvalue weighted by Crippen LogP contribution is -2.22. The summed E-state index contributed by atoms with van der Waals surface area (Å²) < 4.78 is 54.7. The largest absolute Gasteiger partial charge is 0.573 e. The highest BCUT2D eigenvalue weighted by Gasteiger charge is 2.31. The van der Waals surface area contributed by atoms with Gasteiger partial charge in [-0.15, -0.1) is 13.2 Å². The Morgan fingerprint density at radius 3 is 2.22 bits per heavy atom. The number of ether oxygens (including phenoxy) is 3. The third-order valence-electron chi connectivity index (χ3n) is 6.31. The fraction of sp³-hybridized carbons (Fsp3) is 0.161. The SMILES string of the molecule is COc1ccc(CNC(=O)c2ccc3c(c2)nc(COc2ccccc2)n3Cc2ccc(OC(F)(F)F)cc2)cc1. The monoisotopic (exact) mass is 561 g/mol. The molecule has 7 nitrogen and oxygen atoms in total. The number of benzene rings is 4. The molecule has 1 amide bonds. The number of nitrogens with zero attached hydrogens (tertiary/aromatic N) is 2. The van der Waals surface area contributed by atoms with Crippen LogP contribution >= 0.6 is 0 Å². The van der Waals surface area contributed by atoms with Crippen molar-refractivity contribution in [2.45, 2.75) is 26.1 Å². The van der Waals surface area contributed by atoms with Gasteiger partial charge in [-0.2, -0.15) is 0 Å². The van der Waals surface area contributed by atoms with Crippen LogP contribution in [0.15, 0.2) is 97.1 Å². The average molecular weight is 562 g/mol. The summed E-state index contributed by atoms with van der Waals surface area (Å²) in [5.41, 5.74) is 3.45. The first-order valence-electron chi connectivity index (χ1n) is 12.7. The number of carbonyl (C=O) groups is 1. The summed E-state index contributed by atoms with van der Waals surface area (Å²) in [7, 11) is 1.59. The van der Waals surface area contributed by atoms with E-state index in [1.165, 1.54) is 12.1 Å². The molecule has 0 aliphatic heterocycles. The second-order valence-corrected chi connectivity index (χ2v) is 9.14. The van der Waals surface area contributed by atoms with Crippen LogP contribution in [0.4, 0.5) is 13.2 Å². The average Bonchev–Trinajstić information content (AvgIpc) is 3.32. The number of rotatable bonds is 10. The molecule has 1 aromatic heterocycles. The van der Waals surface area contributed by atoms with E-state index in [0.717, 1.165) is 22.4 Å². The Kier molecular flexibility index (Phi) is 8.09. The van der Waals surface area contributed by atoms with E-state index >= 15 is 0 Å². The normalized spacial score (nSPS) is 11.3. The first-order chi connectivity index (χ1) is 19.8. The van der Waals surface area contributed by atoms with Crippen LogP contribution < -0.4 is 19.5 Å². The van der Waals surface area contributed by atoms with Crippen LogP contribution in [0.3, 0.4) is 0 Å². The van der Waals surface area contributed by atoms with Crippen molar-refractivity contribution in [3.8, 4) is 17.2 Å². The molecule has 0 bridgehead atoms. The lowest BCUT2D eigenvalue weighted by Gasteiger charge is -2.12. The highest BCUT2D eigenvalue weighted by molar-refractivity contribution is 5.97. The van der Waals surface area contributed by atoms with Crippen molar-refractivity contribution in [1.29, 1.82) is 0 Å². The van der Waals surface area contributed by atoms with Gasteiger partial charge in [0, 0.05) is 18.7 Å². The maximum absolute atomic E-state index is 12.9. The van der Waals surface area contributed by atoms with Crippen molar-refractivity contribution >= 4 is 16.9 Å². The molecular weight excluding hydrogens is 535 g/mol. The molecule has 0 spiro atoms. The molecule has 0 radical (unpaired) electrons. The number of amides is 1. The number of methoxy groups -OCH3 is 1. The van der Waals surface area contributed by atoms with Crippen molar-refractivity contribution in [2.24, 2.45) is 0 Å². The molecule has 10 heteroatoms. The van der Waals surface area contributed by atoms with Gasteiger partial charge in [0.05, 0.1) is 18.1 Å². The number of hydrogen-bond donors (Lipinski definition) is 1. The molecule has 0 saturated heterocycles. The van der Waals surface area contributed by atoms with E-state index in [-0.39, 0.29) is 18.3 Å². The van der Waals surface area contributed by atoms with Crippen LogP contribution in [-0.4, -0.2) is 28.9 Å². The number of fused-ring (bicyclic) bond motifs is 1. The summed E-state index contributed by atoms with van der Waals surface area (Å²) in [4.78, 5) is 17.7. The molecule has 0 unspecified atom stereocenters. The summed E-state index contributed by atoms with van der Waals surface area (Å²) in [6.07, 6.45) is -4.76. The minimum atomic E-state index is -4.76. The third kappa shape index (κ3) is 7.16. The van der Waals surface area contributed by atoms with Crippen molar-refractivity contribution in [1.82, 2.24) is 14.9 Å². The smallest absolute Gasteiger partial charge is 0.497 e. The van der Waals surface area contributed by atoms with Gasteiger partial charge in [-0.05, 0) is 65.7 Å². The molecule has 0 atom stereocenters. The lowest BCUT2D eigenvalue weighted by molar-refractivity contribution is -0.274. The molecule has 1 N–H and O–H groups in total. The summed E-state index contributed by atoms with van der Waals surface area (Å²) >= 11 is 0. The number of carbonyl (C=O) groups excluding carboxylic acids is 1. The van der Waals surface area contributed by atoms with Crippen LogP contribution in [0.5, 0.6) is 17.2 Å². The molecule has 1 heterocycles. The maximum Gasteiger partial charge on any atom is 0.573 e. The highest BCUT2D eigenvalue weighted by Crippen LogP contribution is 2.25. The third-order valence-corrected chi connectivity index (χ3v) is 6.31. The number of nitrogens with one attached hydrogen (secondary N) is 1. The Morgan fingerprint density at radius 1 is 0.854 bits per heavy atom. The van der Waals surface area contributed by atoms with E-state index < -0.39 is 6.36 Å². The molecule has 0 aliphatic carbocycles. The zero-order chi connectivity index (χ0) is 28.8. The quantitative estimate of drug-likeness (QED) is 0.211. The van der Waals surface area contributed by atoms with Crippen molar-refractivity contribution < 1.29 is 32.2 Å². The maximum atomic E-state index is 12.9. The van der Waals surface area contributed by atoms with Crippen molar-refractivity contribution in [3.63, 3.8) is 0 Å². The Balaban J connectivity index is 1.38. The van der Waals surface area contributed by atoms with Gasteiger partial charge in [0.1, 0.15) is 29.7 Å². The van der Waals surface area contributed by atoms with E-state index in [2.05, 4.69) is 10.1 Å². The second kappa shape index (κ2) is 12.0. The zero-order valence-corrected chi connectivity index (χ0v) is 22.0. The van der Waals surface area contributed by atoms with E-state index in [4.69, 9.17) is 14.5 Å². The van der Waals surface area contributed by atoms with Gasteiger partial charge in [-0.1, -0.05) is 42.5 Å². The van der Waals surface area contributed by atoms with Crippen LogP contribution in [-0.2, 0) is 19.7 Å². The molecule has 0 fully saturated rings. The molecule has 5 aromatic rings. The molecule has 0 aliphatic rings. The van der Waals surface area contributed by atoms with Crippen LogP contribution in [0.25, 0.3) is 11.0 Å². The molecule has 41 heavy (non-hydrogen) atoms. The Bertz CT molecular complexity index is 1620. The van der Waals surface area contributed by atoms with Gasteiger partial charge in [-0.3, -0.25) is 4.79 Å². The van der Waals surface area contributed by atoms with Crippen LogP contribution in [0.1, 0.15) is 27.3 Å². The second-order valence-electron chi connectivity index (χ2n) is 9.14. The van der Waals surface area contributed by atoms with E-state index in [1.807, 2.05) is 59.2 Å². The Hall–Kier alpha value is -4.99. The number of imidazole rings is 1. The standard InChI is InChI=1S/C31H26F3N3O4/c1-39-24-12-7-21(8-13-24)18-35-30(38)23-11-16-28-27(17-23)36-29(20-40-25-5-3-2-4-6-25)37(28)19-22-9-14-26(15-10-22)41-31(32,33)34/h2-17H,18-20H2,1H3,(H,35,38). The fourth-order valence-electron chi connectivity index (χ4n) is 4.28.